The molecule has 2 heterocycles. The quantitative estimate of drug-likeness (QED) is 0.509. The molecule has 0 saturated heterocycles. The number of nitrogens with one attached hydrogen (secondary N) is 1. The molecule has 0 radical (unpaired) electrons. The van der Waals surface area contributed by atoms with Gasteiger partial charge in [0.1, 0.15) is 11.3 Å². The molecule has 2 aromatic heterocycles. The third kappa shape index (κ3) is 3.82. The topological polar surface area (TPSA) is 66.3 Å². The van der Waals surface area contributed by atoms with E-state index < -0.39 is 0 Å². The van der Waals surface area contributed by atoms with E-state index >= 15 is 0 Å². The van der Waals surface area contributed by atoms with E-state index in [2.05, 4.69) is 4.98 Å². The minimum absolute atomic E-state index is 0.116. The number of para-hydroxylation sites is 1. The highest BCUT2D eigenvalue weighted by Crippen LogP contribution is 2.27. The maximum absolute atomic E-state index is 13.8. The minimum atomic E-state index is -0.378. The van der Waals surface area contributed by atoms with Crippen LogP contribution in [0.5, 0.6) is 0 Å². The first-order chi connectivity index (χ1) is 14.5. The number of pyridine rings is 1. The van der Waals surface area contributed by atoms with Gasteiger partial charge in [-0.15, -0.1) is 0 Å². The normalized spacial score (nSPS) is 10.7. The monoisotopic (exact) mass is 398 g/mol. The summed E-state index contributed by atoms with van der Waals surface area (Å²) in [6.45, 7) is 3.99. The predicted octanol–water partition coefficient (Wildman–Crippen LogP) is 5.10. The van der Waals surface area contributed by atoms with Gasteiger partial charge in [0.05, 0.1) is 18.5 Å². The number of amides is 1. The van der Waals surface area contributed by atoms with Gasteiger partial charge < -0.3 is 14.3 Å². The molecule has 4 rings (SSSR count). The number of H-pyrrole nitrogens is 1. The van der Waals surface area contributed by atoms with Crippen molar-refractivity contribution in [2.24, 2.45) is 0 Å². The van der Waals surface area contributed by atoms with Gasteiger partial charge in [-0.2, -0.15) is 0 Å². The van der Waals surface area contributed by atoms with E-state index in [9.17, 15) is 9.59 Å². The zero-order valence-corrected chi connectivity index (χ0v) is 16.9. The van der Waals surface area contributed by atoms with Crippen LogP contribution in [0.1, 0.15) is 27.4 Å². The summed E-state index contributed by atoms with van der Waals surface area (Å²) in [7, 11) is 0. The lowest BCUT2D eigenvalue weighted by molar-refractivity contribution is 0.0982. The second kappa shape index (κ2) is 8.25. The Morgan fingerprint density at radius 1 is 0.967 bits per heavy atom. The number of carbonyl (C=O) groups is 1. The summed E-state index contributed by atoms with van der Waals surface area (Å²) in [6, 6.07) is 22.0. The van der Waals surface area contributed by atoms with Crippen LogP contribution in [0.15, 0.2) is 88.3 Å². The average Bonchev–Trinajstić information content (AvgIpc) is 3.25. The summed E-state index contributed by atoms with van der Waals surface area (Å²) >= 11 is 0. The number of aryl methyl sites for hydroxylation is 2. The molecule has 0 atom stereocenters. The Balaban J connectivity index is 1.88. The molecule has 0 unspecified atom stereocenters. The van der Waals surface area contributed by atoms with Crippen LogP contribution in [0, 0.1) is 13.8 Å². The molecule has 5 nitrogen and oxygen atoms in total. The van der Waals surface area contributed by atoms with Crippen LogP contribution < -0.4 is 10.3 Å². The molecule has 150 valence electrons. The number of furan rings is 1. The maximum Gasteiger partial charge on any atom is 0.264 e. The Morgan fingerprint density at radius 3 is 2.40 bits per heavy atom. The van der Waals surface area contributed by atoms with Crippen molar-refractivity contribution in [3.8, 4) is 11.3 Å². The van der Waals surface area contributed by atoms with E-state index in [1.54, 1.807) is 17.2 Å². The number of aromatic amines is 1. The van der Waals surface area contributed by atoms with Crippen molar-refractivity contribution in [1.82, 2.24) is 4.98 Å². The number of carbonyl (C=O) groups excluding carboxylic acids is 1. The van der Waals surface area contributed by atoms with E-state index in [1.165, 1.54) is 6.07 Å². The van der Waals surface area contributed by atoms with Crippen molar-refractivity contribution in [3.63, 3.8) is 0 Å². The Kier molecular flexibility index (Phi) is 5.35. The van der Waals surface area contributed by atoms with Gasteiger partial charge in [0.25, 0.3) is 5.91 Å². The van der Waals surface area contributed by atoms with Crippen molar-refractivity contribution in [3.05, 3.63) is 112 Å². The van der Waals surface area contributed by atoms with Crippen LogP contribution >= 0.6 is 0 Å². The van der Waals surface area contributed by atoms with E-state index in [1.807, 2.05) is 74.5 Å². The highest BCUT2D eigenvalue weighted by molar-refractivity contribution is 6.09. The van der Waals surface area contributed by atoms with Crippen LogP contribution in [0.4, 0.5) is 5.69 Å². The Morgan fingerprint density at radius 2 is 1.70 bits per heavy atom. The highest BCUT2D eigenvalue weighted by atomic mass is 16.3. The fourth-order valence-electron chi connectivity index (χ4n) is 3.54. The zero-order chi connectivity index (χ0) is 21.1. The fourth-order valence-corrected chi connectivity index (χ4v) is 3.54. The van der Waals surface area contributed by atoms with Crippen molar-refractivity contribution in [1.29, 1.82) is 0 Å². The summed E-state index contributed by atoms with van der Waals surface area (Å²) < 4.78 is 5.48. The number of hydrogen-bond acceptors (Lipinski definition) is 3. The molecule has 0 bridgehead atoms. The molecule has 0 aliphatic rings. The largest absolute Gasteiger partial charge is 0.467 e. The first-order valence-electron chi connectivity index (χ1n) is 9.74. The summed E-state index contributed by atoms with van der Waals surface area (Å²) in [6.07, 6.45) is 1.57. The molecule has 1 amide bonds. The highest BCUT2D eigenvalue weighted by Gasteiger charge is 2.26. The Bertz CT molecular complexity index is 1230. The molecular weight excluding hydrogens is 376 g/mol. The van der Waals surface area contributed by atoms with Crippen molar-refractivity contribution >= 4 is 11.6 Å². The Hall–Kier alpha value is -3.86. The molecule has 0 aliphatic heterocycles. The molecule has 0 spiro atoms. The van der Waals surface area contributed by atoms with E-state index in [-0.39, 0.29) is 23.4 Å². The van der Waals surface area contributed by atoms with E-state index in [0.717, 1.165) is 11.1 Å². The molecule has 0 aliphatic carbocycles. The summed E-state index contributed by atoms with van der Waals surface area (Å²) in [5.41, 5.74) is 3.53. The summed E-state index contributed by atoms with van der Waals surface area (Å²) in [5.74, 6) is 0.255. The van der Waals surface area contributed by atoms with Gasteiger partial charge in [0.2, 0.25) is 0 Å². The number of nitrogens with zero attached hydrogens (tertiary/aromatic N) is 1. The van der Waals surface area contributed by atoms with Crippen LogP contribution in [0.3, 0.4) is 0 Å². The molecular formula is C25H22N2O3. The van der Waals surface area contributed by atoms with Gasteiger partial charge >= 0.3 is 0 Å². The standard InChI is InChI=1S/C25H22N2O3/c1-17-9-6-7-13-21(17)24-23(22(28)15-18(2)26-24)25(29)27(16-20-12-8-14-30-20)19-10-4-3-5-11-19/h3-15H,16H2,1-2H3,(H,26,28). The lowest BCUT2D eigenvalue weighted by Crippen LogP contribution is -2.34. The number of anilines is 1. The predicted molar refractivity (Wildman–Crippen MR) is 118 cm³/mol. The van der Waals surface area contributed by atoms with Crippen molar-refractivity contribution in [2.45, 2.75) is 20.4 Å². The van der Waals surface area contributed by atoms with Gasteiger partial charge in [-0.05, 0) is 43.7 Å². The molecule has 4 aromatic rings. The van der Waals surface area contributed by atoms with Crippen LogP contribution in [-0.4, -0.2) is 10.9 Å². The number of rotatable bonds is 5. The SMILES string of the molecule is Cc1cc(=O)c(C(=O)N(Cc2ccco2)c2ccccc2)c(-c2ccccc2C)[nH]1. The zero-order valence-electron chi connectivity index (χ0n) is 16.9. The van der Waals surface area contributed by atoms with Crippen LogP contribution in [0.2, 0.25) is 0 Å². The smallest absolute Gasteiger partial charge is 0.264 e. The minimum Gasteiger partial charge on any atom is -0.467 e. The number of benzene rings is 2. The first kappa shape index (κ1) is 19.5. The molecule has 0 fully saturated rings. The molecule has 0 saturated carbocycles. The second-order valence-corrected chi connectivity index (χ2v) is 7.19. The van der Waals surface area contributed by atoms with Gasteiger partial charge in [0, 0.05) is 23.0 Å². The fraction of sp³-hybridized carbons (Fsp3) is 0.120. The van der Waals surface area contributed by atoms with Gasteiger partial charge in [-0.1, -0.05) is 42.5 Å². The van der Waals surface area contributed by atoms with Gasteiger partial charge in [0.15, 0.2) is 5.43 Å². The first-order valence-corrected chi connectivity index (χ1v) is 9.74. The lowest BCUT2D eigenvalue weighted by atomic mass is 9.99. The number of hydrogen-bond donors (Lipinski definition) is 1. The molecule has 2 aromatic carbocycles. The van der Waals surface area contributed by atoms with Gasteiger partial charge in [-0.25, -0.2) is 0 Å². The average molecular weight is 398 g/mol. The molecule has 1 N–H and O–H groups in total. The van der Waals surface area contributed by atoms with Crippen LogP contribution in [-0.2, 0) is 6.54 Å². The van der Waals surface area contributed by atoms with Crippen molar-refractivity contribution < 1.29 is 9.21 Å². The van der Waals surface area contributed by atoms with Gasteiger partial charge in [-0.3, -0.25) is 9.59 Å². The van der Waals surface area contributed by atoms with E-state index in [4.69, 9.17) is 4.42 Å². The number of aromatic nitrogens is 1. The van der Waals surface area contributed by atoms with Crippen molar-refractivity contribution in [2.75, 3.05) is 4.90 Å². The molecule has 5 heteroatoms. The summed E-state index contributed by atoms with van der Waals surface area (Å²) in [4.78, 5) is 31.6. The van der Waals surface area contributed by atoms with Crippen LogP contribution in [0.25, 0.3) is 11.3 Å². The van der Waals surface area contributed by atoms with E-state index in [0.29, 0.717) is 22.8 Å². The third-order valence-corrected chi connectivity index (χ3v) is 5.00. The lowest BCUT2D eigenvalue weighted by Gasteiger charge is -2.23. The Labute approximate surface area is 174 Å². The second-order valence-electron chi connectivity index (χ2n) is 7.19. The summed E-state index contributed by atoms with van der Waals surface area (Å²) in [5, 5.41) is 0. The maximum atomic E-state index is 13.8. The third-order valence-electron chi connectivity index (χ3n) is 5.00. The molecule has 30 heavy (non-hydrogen) atoms.